The first-order chi connectivity index (χ1) is 9.86. The Kier molecular flexibility index (Phi) is 7.67. The predicted molar refractivity (Wildman–Crippen MR) is 78.9 cm³/mol. The van der Waals surface area contributed by atoms with E-state index in [-0.39, 0.29) is 18.0 Å². The highest BCUT2D eigenvalue weighted by Crippen LogP contribution is 2.23. The first-order valence-corrected chi connectivity index (χ1v) is 8.43. The second kappa shape index (κ2) is 8.74. The van der Waals surface area contributed by atoms with E-state index in [2.05, 4.69) is 30.7 Å². The van der Waals surface area contributed by atoms with Gasteiger partial charge >= 0.3 is 0 Å². The van der Waals surface area contributed by atoms with Crippen molar-refractivity contribution in [2.45, 2.75) is 17.9 Å². The number of benzene rings is 1. The van der Waals surface area contributed by atoms with Crippen molar-refractivity contribution in [3.05, 3.63) is 28.2 Å². The van der Waals surface area contributed by atoms with Crippen LogP contribution in [-0.2, 0) is 21.3 Å². The molecule has 9 heteroatoms. The smallest absolute Gasteiger partial charge is 0.261 e. The van der Waals surface area contributed by atoms with Crippen LogP contribution in [0.3, 0.4) is 0 Å². The van der Waals surface area contributed by atoms with Crippen LogP contribution in [0.4, 0.5) is 8.78 Å². The molecule has 0 bridgehead atoms. The first-order valence-electron chi connectivity index (χ1n) is 6.15. The number of halogens is 3. The van der Waals surface area contributed by atoms with Crippen molar-refractivity contribution in [3.63, 3.8) is 0 Å². The van der Waals surface area contributed by atoms with E-state index in [9.17, 15) is 17.2 Å². The lowest BCUT2D eigenvalue weighted by molar-refractivity contribution is 0.0199. The highest BCUT2D eigenvalue weighted by atomic mass is 79.9. The van der Waals surface area contributed by atoms with Crippen LogP contribution in [0.1, 0.15) is 5.56 Å². The number of hydrogen-bond donors (Lipinski definition) is 2. The molecule has 1 aromatic carbocycles. The Morgan fingerprint density at radius 1 is 1.38 bits per heavy atom. The zero-order chi connectivity index (χ0) is 15.9. The van der Waals surface area contributed by atoms with Gasteiger partial charge in [-0.1, -0.05) is 6.07 Å². The Hall–Kier alpha value is -0.610. The molecule has 0 atom stereocenters. The van der Waals surface area contributed by atoms with Gasteiger partial charge in [0.25, 0.3) is 6.43 Å². The van der Waals surface area contributed by atoms with E-state index in [4.69, 9.17) is 0 Å². The summed E-state index contributed by atoms with van der Waals surface area (Å²) in [5.74, 6) is 0. The maximum absolute atomic E-state index is 12.1. The Morgan fingerprint density at radius 3 is 2.71 bits per heavy atom. The van der Waals surface area contributed by atoms with Crippen molar-refractivity contribution in [2.75, 3.05) is 26.8 Å². The third kappa shape index (κ3) is 6.35. The van der Waals surface area contributed by atoms with E-state index in [0.717, 1.165) is 5.56 Å². The number of alkyl halides is 2. The molecule has 0 unspecified atom stereocenters. The van der Waals surface area contributed by atoms with Gasteiger partial charge in [-0.25, -0.2) is 21.9 Å². The molecule has 0 aliphatic rings. The molecular formula is C12H17BrF2N2O3S. The van der Waals surface area contributed by atoms with Crippen LogP contribution in [0.5, 0.6) is 0 Å². The van der Waals surface area contributed by atoms with Gasteiger partial charge in [0.05, 0.1) is 11.5 Å². The molecule has 0 saturated heterocycles. The van der Waals surface area contributed by atoms with Crippen LogP contribution in [-0.4, -0.2) is 41.6 Å². The molecular weight excluding hydrogens is 370 g/mol. The lowest BCUT2D eigenvalue weighted by atomic mass is 10.2. The van der Waals surface area contributed by atoms with Crippen molar-refractivity contribution in [3.8, 4) is 0 Å². The van der Waals surface area contributed by atoms with Crippen LogP contribution >= 0.6 is 15.9 Å². The monoisotopic (exact) mass is 386 g/mol. The SMILES string of the molecule is CNCc1ccc(Br)c(S(=O)(=O)NCCOCC(F)F)c1. The average Bonchev–Trinajstić information content (AvgIpc) is 2.40. The highest BCUT2D eigenvalue weighted by molar-refractivity contribution is 9.10. The Labute approximate surface area is 131 Å². The normalized spacial score (nSPS) is 12.0. The molecule has 0 aliphatic heterocycles. The van der Waals surface area contributed by atoms with Crippen molar-refractivity contribution in [1.29, 1.82) is 0 Å². The Bertz CT molecular complexity index is 555. The molecule has 21 heavy (non-hydrogen) atoms. The van der Waals surface area contributed by atoms with E-state index >= 15 is 0 Å². The molecule has 1 aromatic rings. The number of rotatable bonds is 9. The lowest BCUT2D eigenvalue weighted by Crippen LogP contribution is -2.28. The molecule has 0 fully saturated rings. The van der Waals surface area contributed by atoms with E-state index in [1.54, 1.807) is 25.2 Å². The summed E-state index contributed by atoms with van der Waals surface area (Å²) in [6.07, 6.45) is -2.56. The standard InChI is InChI=1S/C12H17BrF2N2O3S/c1-16-7-9-2-3-10(13)11(6-9)21(18,19)17-4-5-20-8-12(14)15/h2-3,6,12,16-17H,4-5,7-8H2,1H3. The van der Waals surface area contributed by atoms with Gasteiger partial charge < -0.3 is 10.1 Å². The van der Waals surface area contributed by atoms with Crippen molar-refractivity contribution in [2.24, 2.45) is 0 Å². The van der Waals surface area contributed by atoms with Gasteiger partial charge in [-0.05, 0) is 40.7 Å². The Morgan fingerprint density at radius 2 is 2.10 bits per heavy atom. The largest absolute Gasteiger partial charge is 0.374 e. The maximum atomic E-state index is 12.1. The number of hydrogen-bond acceptors (Lipinski definition) is 4. The summed E-state index contributed by atoms with van der Waals surface area (Å²) >= 11 is 3.19. The predicted octanol–water partition coefficient (Wildman–Crippen LogP) is 1.73. The molecule has 0 amide bonds. The fraction of sp³-hybridized carbons (Fsp3) is 0.500. The third-order valence-electron chi connectivity index (χ3n) is 2.45. The average molecular weight is 387 g/mol. The second-order valence-corrected chi connectivity index (χ2v) is 6.75. The minimum atomic E-state index is -3.72. The summed E-state index contributed by atoms with van der Waals surface area (Å²) in [6.45, 7) is -0.356. The molecule has 0 aliphatic carbocycles. The second-order valence-electron chi connectivity index (χ2n) is 4.16. The summed E-state index contributed by atoms with van der Waals surface area (Å²) in [7, 11) is -1.97. The van der Waals surface area contributed by atoms with Crippen LogP contribution in [0.25, 0.3) is 0 Å². The maximum Gasteiger partial charge on any atom is 0.261 e. The summed E-state index contributed by atoms with van der Waals surface area (Å²) in [5.41, 5.74) is 0.815. The molecule has 5 nitrogen and oxygen atoms in total. The fourth-order valence-electron chi connectivity index (χ4n) is 1.57. The molecule has 0 heterocycles. The lowest BCUT2D eigenvalue weighted by Gasteiger charge is -2.10. The van der Waals surface area contributed by atoms with Crippen molar-refractivity contribution >= 4 is 26.0 Å². The van der Waals surface area contributed by atoms with Crippen LogP contribution in [0, 0.1) is 0 Å². The molecule has 0 radical (unpaired) electrons. The number of ether oxygens (including phenoxy) is 1. The summed E-state index contributed by atoms with van der Waals surface area (Å²) < 4.78 is 55.4. The van der Waals surface area contributed by atoms with Gasteiger partial charge in [-0.15, -0.1) is 0 Å². The molecule has 120 valence electrons. The van der Waals surface area contributed by atoms with Crippen molar-refractivity contribution < 1.29 is 21.9 Å². The van der Waals surface area contributed by atoms with Gasteiger partial charge in [0.15, 0.2) is 0 Å². The molecule has 1 rings (SSSR count). The van der Waals surface area contributed by atoms with Crippen LogP contribution in [0.15, 0.2) is 27.6 Å². The molecule has 0 spiro atoms. The first kappa shape index (κ1) is 18.4. The van der Waals surface area contributed by atoms with Crippen LogP contribution < -0.4 is 10.0 Å². The third-order valence-corrected chi connectivity index (χ3v) is 4.90. The minimum Gasteiger partial charge on any atom is -0.374 e. The van der Waals surface area contributed by atoms with Crippen LogP contribution in [0.2, 0.25) is 0 Å². The fourth-order valence-corrected chi connectivity index (χ4v) is 3.59. The van der Waals surface area contributed by atoms with E-state index in [1.165, 1.54) is 0 Å². The van der Waals surface area contributed by atoms with Gasteiger partial charge in [-0.3, -0.25) is 0 Å². The van der Waals surface area contributed by atoms with Gasteiger partial charge in [0, 0.05) is 17.6 Å². The summed E-state index contributed by atoms with van der Waals surface area (Å²) in [6, 6.07) is 4.99. The zero-order valence-corrected chi connectivity index (χ0v) is 13.8. The van der Waals surface area contributed by atoms with Crippen molar-refractivity contribution in [1.82, 2.24) is 10.0 Å². The quantitative estimate of drug-likeness (QED) is 0.634. The van der Waals surface area contributed by atoms with Gasteiger partial charge in [0.2, 0.25) is 10.0 Å². The molecule has 2 N–H and O–H groups in total. The van der Waals surface area contributed by atoms with E-state index < -0.39 is 23.1 Å². The summed E-state index contributed by atoms with van der Waals surface area (Å²) in [5, 5.41) is 2.93. The summed E-state index contributed by atoms with van der Waals surface area (Å²) in [4.78, 5) is 0.101. The number of nitrogens with one attached hydrogen (secondary N) is 2. The Balaban J connectivity index is 2.67. The molecule has 0 saturated carbocycles. The van der Waals surface area contributed by atoms with Gasteiger partial charge in [0.1, 0.15) is 6.61 Å². The van der Waals surface area contributed by atoms with E-state index in [1.807, 2.05) is 0 Å². The highest BCUT2D eigenvalue weighted by Gasteiger charge is 2.17. The van der Waals surface area contributed by atoms with Gasteiger partial charge in [-0.2, -0.15) is 0 Å². The minimum absolute atomic E-state index is 0.0717. The topological polar surface area (TPSA) is 67.4 Å². The zero-order valence-electron chi connectivity index (χ0n) is 11.4. The molecule has 0 aromatic heterocycles. The number of sulfonamides is 1. The van der Waals surface area contributed by atoms with E-state index in [0.29, 0.717) is 11.0 Å².